The Morgan fingerprint density at radius 1 is 1.45 bits per heavy atom. The van der Waals surface area contributed by atoms with Gasteiger partial charge in [-0.3, -0.25) is 4.79 Å². The molecule has 106 valence electrons. The Balaban J connectivity index is 2.60. The van der Waals surface area contributed by atoms with Crippen molar-refractivity contribution in [3.63, 3.8) is 0 Å². The Morgan fingerprint density at radius 3 is 2.55 bits per heavy atom. The van der Waals surface area contributed by atoms with Gasteiger partial charge in [-0.25, -0.2) is 9.18 Å². The fourth-order valence-electron chi connectivity index (χ4n) is 1.38. The first-order valence-corrected chi connectivity index (χ1v) is 5.83. The number of terminal acetylenes is 1. The summed E-state index contributed by atoms with van der Waals surface area (Å²) in [5.74, 6) is 0.222. The van der Waals surface area contributed by atoms with Crippen LogP contribution in [-0.4, -0.2) is 29.1 Å². The quantitative estimate of drug-likeness (QED) is 0.767. The maximum Gasteiger partial charge on any atom is 0.327 e. The number of benzene rings is 1. The van der Waals surface area contributed by atoms with E-state index in [9.17, 15) is 14.0 Å². The molecule has 0 aromatic heterocycles. The van der Waals surface area contributed by atoms with Crippen LogP contribution in [0, 0.1) is 18.2 Å². The summed E-state index contributed by atoms with van der Waals surface area (Å²) in [6.45, 7) is 1.45. The molecule has 0 saturated heterocycles. The minimum Gasteiger partial charge on any atom is -0.481 e. The Labute approximate surface area is 115 Å². The van der Waals surface area contributed by atoms with E-state index in [1.165, 1.54) is 31.2 Å². The number of aliphatic carboxylic acids is 1. The number of nitrogens with one attached hydrogen (secondary N) is 1. The van der Waals surface area contributed by atoms with Gasteiger partial charge < -0.3 is 15.2 Å². The lowest BCUT2D eigenvalue weighted by molar-refractivity contribution is -0.142. The van der Waals surface area contributed by atoms with Crippen molar-refractivity contribution in [2.75, 3.05) is 0 Å². The summed E-state index contributed by atoms with van der Waals surface area (Å²) in [6, 6.07) is 3.97. The average molecular weight is 279 g/mol. The van der Waals surface area contributed by atoms with Crippen LogP contribution in [0.5, 0.6) is 5.75 Å². The van der Waals surface area contributed by atoms with E-state index < -0.39 is 29.8 Å². The first-order valence-electron chi connectivity index (χ1n) is 5.83. The summed E-state index contributed by atoms with van der Waals surface area (Å²) in [6.07, 6.45) is 3.97. The number of amides is 1. The molecule has 2 unspecified atom stereocenters. The van der Waals surface area contributed by atoms with E-state index in [0.717, 1.165) is 0 Å². The molecular formula is C14H14FNO4. The number of carbonyl (C=O) groups excluding carboxylic acids is 1. The first kappa shape index (κ1) is 15.5. The van der Waals surface area contributed by atoms with E-state index in [4.69, 9.17) is 16.3 Å². The van der Waals surface area contributed by atoms with E-state index in [-0.39, 0.29) is 6.42 Å². The smallest absolute Gasteiger partial charge is 0.327 e. The maximum absolute atomic E-state index is 12.7. The third-order valence-electron chi connectivity index (χ3n) is 2.43. The van der Waals surface area contributed by atoms with Crippen molar-refractivity contribution in [1.29, 1.82) is 0 Å². The van der Waals surface area contributed by atoms with Gasteiger partial charge in [0.05, 0.1) is 0 Å². The van der Waals surface area contributed by atoms with Crippen molar-refractivity contribution in [3.05, 3.63) is 30.1 Å². The van der Waals surface area contributed by atoms with Crippen molar-refractivity contribution in [3.8, 4) is 18.1 Å². The SMILES string of the molecule is C#CCC(NC(=O)C(C)Oc1ccc(F)cc1)C(=O)O. The lowest BCUT2D eigenvalue weighted by atomic mass is 10.2. The Kier molecular flexibility index (Phi) is 5.54. The van der Waals surface area contributed by atoms with Gasteiger partial charge in [-0.05, 0) is 31.2 Å². The second-order valence-electron chi connectivity index (χ2n) is 4.02. The molecule has 0 aliphatic carbocycles. The predicted octanol–water partition coefficient (Wildman–Crippen LogP) is 1.19. The van der Waals surface area contributed by atoms with Gasteiger partial charge >= 0.3 is 5.97 Å². The molecule has 0 saturated carbocycles. The standard InChI is InChI=1S/C14H14FNO4/c1-3-4-12(14(18)19)16-13(17)9(2)20-11-7-5-10(15)6-8-11/h1,5-9,12H,4H2,2H3,(H,16,17)(H,18,19). The number of carbonyl (C=O) groups is 2. The fourth-order valence-corrected chi connectivity index (χ4v) is 1.38. The molecule has 1 rings (SSSR count). The van der Waals surface area contributed by atoms with E-state index in [0.29, 0.717) is 5.75 Å². The lowest BCUT2D eigenvalue weighted by Crippen LogP contribution is -2.46. The van der Waals surface area contributed by atoms with Gasteiger partial charge in [0.2, 0.25) is 0 Å². The normalized spacial score (nSPS) is 12.8. The number of halogens is 1. The zero-order valence-electron chi connectivity index (χ0n) is 10.8. The summed E-state index contributed by atoms with van der Waals surface area (Å²) in [4.78, 5) is 22.6. The van der Waals surface area contributed by atoms with E-state index in [1.54, 1.807) is 0 Å². The third-order valence-corrected chi connectivity index (χ3v) is 2.43. The second-order valence-corrected chi connectivity index (χ2v) is 4.02. The number of carboxylic acids is 1. The molecule has 0 fully saturated rings. The Hall–Kier alpha value is -2.55. The average Bonchev–Trinajstić information content (AvgIpc) is 2.40. The highest BCUT2D eigenvalue weighted by atomic mass is 19.1. The molecule has 0 heterocycles. The van der Waals surface area contributed by atoms with Crippen LogP contribution in [0.2, 0.25) is 0 Å². The summed E-state index contributed by atoms with van der Waals surface area (Å²) in [5, 5.41) is 11.1. The molecule has 0 bridgehead atoms. The molecule has 5 nitrogen and oxygen atoms in total. The van der Waals surface area contributed by atoms with Crippen molar-refractivity contribution in [2.24, 2.45) is 0 Å². The van der Waals surface area contributed by atoms with Gasteiger partial charge in [0, 0.05) is 6.42 Å². The van der Waals surface area contributed by atoms with Crippen LogP contribution >= 0.6 is 0 Å². The zero-order chi connectivity index (χ0) is 15.1. The van der Waals surface area contributed by atoms with E-state index >= 15 is 0 Å². The lowest BCUT2D eigenvalue weighted by Gasteiger charge is -2.17. The van der Waals surface area contributed by atoms with Crippen LogP contribution in [0.3, 0.4) is 0 Å². The highest BCUT2D eigenvalue weighted by molar-refractivity contribution is 5.86. The first-order chi connectivity index (χ1) is 9.43. The summed E-state index contributed by atoms with van der Waals surface area (Å²) >= 11 is 0. The van der Waals surface area contributed by atoms with Crippen molar-refractivity contribution in [2.45, 2.75) is 25.5 Å². The van der Waals surface area contributed by atoms with Crippen LogP contribution in [0.4, 0.5) is 4.39 Å². The summed E-state index contributed by atoms with van der Waals surface area (Å²) in [7, 11) is 0. The molecule has 2 atom stereocenters. The van der Waals surface area contributed by atoms with Gasteiger partial charge in [-0.2, -0.15) is 0 Å². The van der Waals surface area contributed by atoms with Gasteiger partial charge in [0.25, 0.3) is 5.91 Å². The largest absolute Gasteiger partial charge is 0.481 e. The molecule has 2 N–H and O–H groups in total. The molecule has 0 radical (unpaired) electrons. The number of carboxylic acid groups (broad SMARTS) is 1. The zero-order valence-corrected chi connectivity index (χ0v) is 10.8. The topological polar surface area (TPSA) is 75.6 Å². The number of rotatable bonds is 6. The van der Waals surface area contributed by atoms with Crippen LogP contribution < -0.4 is 10.1 Å². The highest BCUT2D eigenvalue weighted by Crippen LogP contribution is 2.13. The van der Waals surface area contributed by atoms with Crippen LogP contribution in [-0.2, 0) is 9.59 Å². The highest BCUT2D eigenvalue weighted by Gasteiger charge is 2.23. The van der Waals surface area contributed by atoms with Crippen molar-refractivity contribution >= 4 is 11.9 Å². The predicted molar refractivity (Wildman–Crippen MR) is 69.5 cm³/mol. The van der Waals surface area contributed by atoms with Gasteiger partial charge in [0.1, 0.15) is 17.6 Å². The molecule has 0 spiro atoms. The minimum atomic E-state index is -1.22. The van der Waals surface area contributed by atoms with Crippen molar-refractivity contribution < 1.29 is 23.8 Å². The number of ether oxygens (including phenoxy) is 1. The van der Waals surface area contributed by atoms with Crippen molar-refractivity contribution in [1.82, 2.24) is 5.32 Å². The minimum absolute atomic E-state index is 0.121. The summed E-state index contributed by atoms with van der Waals surface area (Å²) in [5.41, 5.74) is 0. The molecule has 6 heteroatoms. The molecule has 1 aromatic rings. The van der Waals surface area contributed by atoms with Crippen LogP contribution in [0.25, 0.3) is 0 Å². The number of hydrogen-bond acceptors (Lipinski definition) is 3. The molecule has 1 aromatic carbocycles. The monoisotopic (exact) mass is 279 g/mol. The molecular weight excluding hydrogens is 265 g/mol. The van der Waals surface area contributed by atoms with Gasteiger partial charge in [0.15, 0.2) is 6.10 Å². The van der Waals surface area contributed by atoms with Gasteiger partial charge in [-0.15, -0.1) is 12.3 Å². The Bertz CT molecular complexity index is 521. The van der Waals surface area contributed by atoms with Gasteiger partial charge in [-0.1, -0.05) is 0 Å². The Morgan fingerprint density at radius 2 is 2.05 bits per heavy atom. The van der Waals surface area contributed by atoms with E-state index in [2.05, 4.69) is 11.2 Å². The third kappa shape index (κ3) is 4.61. The van der Waals surface area contributed by atoms with Crippen LogP contribution in [0.1, 0.15) is 13.3 Å². The molecule has 0 aliphatic rings. The fraction of sp³-hybridized carbons (Fsp3) is 0.286. The molecule has 1 amide bonds. The van der Waals surface area contributed by atoms with E-state index in [1.807, 2.05) is 0 Å². The molecule has 0 aliphatic heterocycles. The maximum atomic E-state index is 12.7. The van der Waals surface area contributed by atoms with Crippen LogP contribution in [0.15, 0.2) is 24.3 Å². The second kappa shape index (κ2) is 7.14. The number of hydrogen-bond donors (Lipinski definition) is 2. The summed E-state index contributed by atoms with van der Waals surface area (Å²) < 4.78 is 18.0. The molecule has 20 heavy (non-hydrogen) atoms.